The molecule has 1 aromatic heterocycles. The number of aromatic nitrogens is 2. The van der Waals surface area contributed by atoms with Crippen LogP contribution in [0, 0.1) is 5.41 Å². The number of H-pyrrole nitrogens is 1. The van der Waals surface area contributed by atoms with Crippen molar-refractivity contribution in [2.24, 2.45) is 10.7 Å². The van der Waals surface area contributed by atoms with Gasteiger partial charge in [-0.25, -0.2) is 4.99 Å². The van der Waals surface area contributed by atoms with Gasteiger partial charge < -0.3 is 16.2 Å². The lowest BCUT2D eigenvalue weighted by Gasteiger charge is -2.19. The fourth-order valence-electron chi connectivity index (χ4n) is 3.34. The molecule has 1 aliphatic heterocycles. The molecule has 6 N–H and O–H groups in total. The van der Waals surface area contributed by atoms with Crippen LogP contribution >= 0.6 is 0 Å². The maximum atomic E-state index is 9.62. The number of hydrogen-bond acceptors (Lipinski definition) is 6. The number of benzene rings is 1. The summed E-state index contributed by atoms with van der Waals surface area (Å²) in [4.78, 5) is 4.47. The third kappa shape index (κ3) is 2.94. The molecular weight excluding hydrogens is 316 g/mol. The average Bonchev–Trinajstić information content (AvgIpc) is 3.26. The van der Waals surface area contributed by atoms with Crippen LogP contribution in [0.15, 0.2) is 47.2 Å². The lowest BCUT2D eigenvalue weighted by Crippen LogP contribution is -2.29. The van der Waals surface area contributed by atoms with Crippen molar-refractivity contribution in [2.75, 3.05) is 0 Å². The fraction of sp³-hybridized carbons (Fsp3) is 0.278. The van der Waals surface area contributed by atoms with Gasteiger partial charge in [-0.1, -0.05) is 6.07 Å². The van der Waals surface area contributed by atoms with Gasteiger partial charge in [-0.2, -0.15) is 5.10 Å². The van der Waals surface area contributed by atoms with Crippen LogP contribution in [0.1, 0.15) is 24.8 Å². The Bertz CT molecular complexity index is 868. The second-order valence-electron chi connectivity index (χ2n) is 6.45. The molecule has 2 unspecified atom stereocenters. The first-order chi connectivity index (χ1) is 12.1. The third-order valence-corrected chi connectivity index (χ3v) is 4.72. The Morgan fingerprint density at radius 1 is 1.32 bits per heavy atom. The Balaban J connectivity index is 1.61. The first-order valence-corrected chi connectivity index (χ1v) is 8.34. The molecule has 2 aliphatic rings. The summed E-state index contributed by atoms with van der Waals surface area (Å²) in [6, 6.07) is 7.80. The molecule has 0 saturated heterocycles. The molecule has 25 heavy (non-hydrogen) atoms. The van der Waals surface area contributed by atoms with Crippen LogP contribution in [0.5, 0.6) is 0 Å². The van der Waals surface area contributed by atoms with E-state index in [0.717, 1.165) is 36.1 Å². The largest absolute Gasteiger partial charge is 0.393 e. The molecule has 128 valence electrons. The molecule has 1 fully saturated rings. The van der Waals surface area contributed by atoms with Crippen LogP contribution in [0.3, 0.4) is 0 Å². The monoisotopic (exact) mass is 336 g/mol. The number of aromatic amines is 1. The maximum Gasteiger partial charge on any atom is 0.135 e. The van der Waals surface area contributed by atoms with Crippen molar-refractivity contribution in [3.63, 3.8) is 0 Å². The van der Waals surface area contributed by atoms with Crippen LogP contribution in [-0.2, 0) is 0 Å². The number of rotatable bonds is 3. The Kier molecular flexibility index (Phi) is 3.85. The summed E-state index contributed by atoms with van der Waals surface area (Å²) in [5.74, 6) is 0.322. The zero-order valence-electron chi connectivity index (χ0n) is 13.7. The predicted molar refractivity (Wildman–Crippen MR) is 97.0 cm³/mol. The van der Waals surface area contributed by atoms with Gasteiger partial charge in [0.05, 0.1) is 28.8 Å². The number of aliphatic imine (C=N–C) groups is 1. The Morgan fingerprint density at radius 3 is 2.92 bits per heavy atom. The van der Waals surface area contributed by atoms with Gasteiger partial charge in [-0.15, -0.1) is 0 Å². The third-order valence-electron chi connectivity index (χ3n) is 4.72. The highest BCUT2D eigenvalue weighted by Crippen LogP contribution is 2.31. The number of nitrogens with zero attached hydrogens (tertiary/aromatic N) is 2. The summed E-state index contributed by atoms with van der Waals surface area (Å²) < 4.78 is 0. The molecular formula is C18H20N6O. The molecule has 2 aromatic rings. The van der Waals surface area contributed by atoms with Gasteiger partial charge in [-0.05, 0) is 37.5 Å². The first-order valence-electron chi connectivity index (χ1n) is 8.34. The molecule has 0 radical (unpaired) electrons. The quantitative estimate of drug-likeness (QED) is 0.586. The highest BCUT2D eigenvalue weighted by molar-refractivity contribution is 6.32. The van der Waals surface area contributed by atoms with Gasteiger partial charge in [0.2, 0.25) is 0 Å². The smallest absolute Gasteiger partial charge is 0.135 e. The minimum absolute atomic E-state index is 0.214. The number of fused-ring (bicyclic) bond motifs is 1. The topological polar surface area (TPSA) is 123 Å². The zero-order chi connectivity index (χ0) is 17.4. The number of amidine groups is 1. The van der Waals surface area contributed by atoms with Crippen molar-refractivity contribution >= 4 is 17.2 Å². The van der Waals surface area contributed by atoms with Gasteiger partial charge in [0.25, 0.3) is 0 Å². The van der Waals surface area contributed by atoms with E-state index in [9.17, 15) is 5.11 Å². The van der Waals surface area contributed by atoms with Crippen LogP contribution in [0.25, 0.3) is 11.3 Å². The van der Waals surface area contributed by atoms with Crippen molar-refractivity contribution in [3.05, 3.63) is 47.8 Å². The highest BCUT2D eigenvalue weighted by atomic mass is 16.3. The van der Waals surface area contributed by atoms with Crippen molar-refractivity contribution in [2.45, 2.75) is 31.4 Å². The van der Waals surface area contributed by atoms with Crippen molar-refractivity contribution in [1.29, 1.82) is 5.41 Å². The summed E-state index contributed by atoms with van der Waals surface area (Å²) in [6.45, 7) is 0. The second kappa shape index (κ2) is 6.18. The molecule has 1 aliphatic carbocycles. The summed E-state index contributed by atoms with van der Waals surface area (Å²) in [5.41, 5.74) is 10.2. The molecule has 0 amide bonds. The molecule has 7 nitrogen and oxygen atoms in total. The standard InChI is InChI=1S/C18H20N6O/c19-17-13-4-1-10(15-5-6-22-24-15)7-16(13)23-18(20)14(17)9-21-11-2-3-12(25)8-11/h1,4-7,9,11-12,19,21,25H,2-3,8H2,(H2,20,23)(H,22,24)/b14-9+,19-17?. The Hall–Kier alpha value is -2.93. The van der Waals surface area contributed by atoms with Gasteiger partial charge in [0.1, 0.15) is 5.84 Å². The number of hydrogen-bond donors (Lipinski definition) is 5. The molecule has 2 atom stereocenters. The van der Waals surface area contributed by atoms with Gasteiger partial charge in [0.15, 0.2) is 0 Å². The van der Waals surface area contributed by atoms with Crippen LogP contribution in [-0.4, -0.2) is 39.0 Å². The summed E-state index contributed by atoms with van der Waals surface area (Å²) in [7, 11) is 0. The molecule has 0 bridgehead atoms. The average molecular weight is 336 g/mol. The Labute approximate surface area is 145 Å². The number of aliphatic hydroxyl groups is 1. The number of aliphatic hydroxyl groups excluding tert-OH is 1. The van der Waals surface area contributed by atoms with E-state index in [4.69, 9.17) is 11.1 Å². The minimum atomic E-state index is -0.242. The van der Waals surface area contributed by atoms with E-state index in [1.807, 2.05) is 24.3 Å². The lowest BCUT2D eigenvalue weighted by atomic mass is 9.95. The summed E-state index contributed by atoms with van der Waals surface area (Å²) in [5, 5.41) is 28.3. The van der Waals surface area contributed by atoms with E-state index in [1.54, 1.807) is 12.4 Å². The molecule has 1 aromatic carbocycles. The number of nitrogens with one attached hydrogen (secondary N) is 3. The van der Waals surface area contributed by atoms with Crippen molar-refractivity contribution in [1.82, 2.24) is 15.5 Å². The molecule has 4 rings (SSSR count). The fourth-order valence-corrected chi connectivity index (χ4v) is 3.34. The van der Waals surface area contributed by atoms with E-state index < -0.39 is 0 Å². The van der Waals surface area contributed by atoms with E-state index in [1.165, 1.54) is 0 Å². The highest BCUT2D eigenvalue weighted by Gasteiger charge is 2.24. The van der Waals surface area contributed by atoms with Crippen molar-refractivity contribution in [3.8, 4) is 11.3 Å². The van der Waals surface area contributed by atoms with Gasteiger partial charge in [0, 0.05) is 29.6 Å². The predicted octanol–water partition coefficient (Wildman–Crippen LogP) is 1.83. The van der Waals surface area contributed by atoms with Crippen molar-refractivity contribution < 1.29 is 5.11 Å². The molecule has 0 spiro atoms. The van der Waals surface area contributed by atoms with Gasteiger partial charge in [-0.3, -0.25) is 10.5 Å². The van der Waals surface area contributed by atoms with E-state index >= 15 is 0 Å². The van der Waals surface area contributed by atoms with Gasteiger partial charge >= 0.3 is 0 Å². The second-order valence-corrected chi connectivity index (χ2v) is 6.45. The molecule has 2 heterocycles. The van der Waals surface area contributed by atoms with E-state index in [-0.39, 0.29) is 12.1 Å². The zero-order valence-corrected chi connectivity index (χ0v) is 13.7. The van der Waals surface area contributed by atoms with Crippen LogP contribution in [0.2, 0.25) is 0 Å². The normalized spacial score (nSPS) is 24.3. The maximum absolute atomic E-state index is 9.62. The van der Waals surface area contributed by atoms with E-state index in [0.29, 0.717) is 22.8 Å². The SMILES string of the molecule is N=C1/C(=C\NC2CCC(O)C2)C(N)=Nc2cc(-c3cc[nH]n3)ccc21. The van der Waals surface area contributed by atoms with Crippen LogP contribution in [0.4, 0.5) is 5.69 Å². The molecule has 7 heteroatoms. The first kappa shape index (κ1) is 15.6. The summed E-state index contributed by atoms with van der Waals surface area (Å²) in [6.07, 6.45) is 5.72. The lowest BCUT2D eigenvalue weighted by molar-refractivity contribution is 0.180. The van der Waals surface area contributed by atoms with E-state index in [2.05, 4.69) is 20.5 Å². The Morgan fingerprint density at radius 2 is 2.20 bits per heavy atom. The van der Waals surface area contributed by atoms with Crippen LogP contribution < -0.4 is 11.1 Å². The summed E-state index contributed by atoms with van der Waals surface area (Å²) >= 11 is 0. The minimum Gasteiger partial charge on any atom is -0.393 e. The molecule has 1 saturated carbocycles. The number of nitrogens with two attached hydrogens (primary N) is 1.